The lowest BCUT2D eigenvalue weighted by Gasteiger charge is -2.35. The average Bonchev–Trinajstić information content (AvgIpc) is 3.48. The molecule has 5 aromatic rings. The molecule has 2 aliphatic rings. The van der Waals surface area contributed by atoms with Crippen LogP contribution in [0.1, 0.15) is 31.6 Å². The molecule has 2 fully saturated rings. The zero-order valence-electron chi connectivity index (χ0n) is 22.9. The van der Waals surface area contributed by atoms with E-state index in [2.05, 4.69) is 49.4 Å². The van der Waals surface area contributed by atoms with Gasteiger partial charge >= 0.3 is 0 Å². The van der Waals surface area contributed by atoms with Gasteiger partial charge in [0.2, 0.25) is 11.8 Å². The Morgan fingerprint density at radius 1 is 1.15 bits per heavy atom. The smallest absolute Gasteiger partial charge is 0.239 e. The predicted molar refractivity (Wildman–Crippen MR) is 153 cm³/mol. The minimum atomic E-state index is -0.841. The molecule has 0 unspecified atom stereocenters. The largest absolute Gasteiger partial charge is 0.453 e. The third-order valence-electron chi connectivity index (χ3n) is 8.20. The van der Waals surface area contributed by atoms with E-state index in [4.69, 9.17) is 9.15 Å². The van der Waals surface area contributed by atoms with Gasteiger partial charge in [-0.3, -0.25) is 9.89 Å². The van der Waals surface area contributed by atoms with Crippen LogP contribution in [0.4, 0.5) is 15.9 Å². The highest BCUT2D eigenvalue weighted by molar-refractivity contribution is 6.01. The van der Waals surface area contributed by atoms with Gasteiger partial charge in [0.1, 0.15) is 22.1 Å². The third-order valence-corrected chi connectivity index (χ3v) is 8.20. The molecule has 2 aromatic carbocycles. The number of halogens is 1. The standard InChI is InChI=1S/C30H30FN7O3/c1-37(2)19-10-15-38(16-11-19)27-25-24(9-14-32-26(25)35-36-27)40-22-8-7-18(17-20(22)31)33-28(39)30(12-13-30)29-34-21-5-3-4-6-23(21)41-29/h3-9,14,17,19H,10-13,15-16H2,1-2H3,(H,33,39)(H,32,35,36). The van der Waals surface area contributed by atoms with E-state index in [1.807, 2.05) is 24.3 Å². The Morgan fingerprint density at radius 2 is 1.95 bits per heavy atom. The molecule has 41 heavy (non-hydrogen) atoms. The molecular weight excluding hydrogens is 525 g/mol. The van der Waals surface area contributed by atoms with E-state index in [9.17, 15) is 4.79 Å². The first-order valence-electron chi connectivity index (χ1n) is 13.8. The molecule has 0 radical (unpaired) electrons. The maximum Gasteiger partial charge on any atom is 0.239 e. The number of benzene rings is 2. The molecule has 1 aliphatic heterocycles. The number of oxazole rings is 1. The summed E-state index contributed by atoms with van der Waals surface area (Å²) in [7, 11) is 4.21. The van der Waals surface area contributed by atoms with Crippen molar-refractivity contribution in [3.8, 4) is 11.5 Å². The number of nitrogens with one attached hydrogen (secondary N) is 2. The number of carbonyl (C=O) groups is 1. The van der Waals surface area contributed by atoms with Crippen molar-refractivity contribution >= 4 is 39.5 Å². The number of carbonyl (C=O) groups excluding carboxylic acids is 1. The lowest BCUT2D eigenvalue weighted by Crippen LogP contribution is -2.42. The minimum absolute atomic E-state index is 0.0362. The fraction of sp³-hybridized carbons (Fsp3) is 0.333. The first kappa shape index (κ1) is 25.5. The highest BCUT2D eigenvalue weighted by Crippen LogP contribution is 2.49. The second-order valence-corrected chi connectivity index (χ2v) is 11.0. The second kappa shape index (κ2) is 9.84. The van der Waals surface area contributed by atoms with E-state index < -0.39 is 11.2 Å². The lowest BCUT2D eigenvalue weighted by molar-refractivity contribution is -0.119. The van der Waals surface area contributed by atoms with E-state index in [0.717, 1.165) is 31.7 Å². The van der Waals surface area contributed by atoms with E-state index >= 15 is 4.39 Å². The van der Waals surface area contributed by atoms with Gasteiger partial charge in [0.05, 0.1) is 0 Å². The topological polar surface area (TPSA) is 112 Å². The highest BCUT2D eigenvalue weighted by Gasteiger charge is 2.55. The first-order chi connectivity index (χ1) is 19.9. The second-order valence-electron chi connectivity index (χ2n) is 11.0. The van der Waals surface area contributed by atoms with E-state index in [0.29, 0.717) is 58.3 Å². The molecule has 7 rings (SSSR count). The molecule has 2 N–H and O–H groups in total. The quantitative estimate of drug-likeness (QED) is 0.281. The fourth-order valence-corrected chi connectivity index (χ4v) is 5.59. The highest BCUT2D eigenvalue weighted by atomic mass is 19.1. The van der Waals surface area contributed by atoms with Crippen LogP contribution in [0.3, 0.4) is 0 Å². The van der Waals surface area contributed by atoms with Gasteiger partial charge in [0, 0.05) is 43.1 Å². The number of amides is 1. The molecule has 1 saturated heterocycles. The number of pyridine rings is 1. The van der Waals surface area contributed by atoms with Crippen LogP contribution in [0.15, 0.2) is 59.1 Å². The molecule has 210 valence electrons. The summed E-state index contributed by atoms with van der Waals surface area (Å²) in [6.45, 7) is 1.70. The summed E-state index contributed by atoms with van der Waals surface area (Å²) in [5.41, 5.74) is 1.41. The summed E-state index contributed by atoms with van der Waals surface area (Å²) in [4.78, 5) is 26.6. The van der Waals surface area contributed by atoms with Crippen LogP contribution in [0.25, 0.3) is 22.1 Å². The molecule has 11 heteroatoms. The molecule has 1 aliphatic carbocycles. The Morgan fingerprint density at radius 3 is 2.68 bits per heavy atom. The number of hydrogen-bond acceptors (Lipinski definition) is 8. The Bertz CT molecular complexity index is 1720. The number of nitrogens with zero attached hydrogens (tertiary/aromatic N) is 5. The van der Waals surface area contributed by atoms with Crippen LogP contribution < -0.4 is 15.0 Å². The van der Waals surface area contributed by atoms with E-state index in [1.54, 1.807) is 18.3 Å². The average molecular weight is 556 g/mol. The van der Waals surface area contributed by atoms with Crippen molar-refractivity contribution in [1.29, 1.82) is 0 Å². The van der Waals surface area contributed by atoms with Crippen LogP contribution in [0.2, 0.25) is 0 Å². The number of hydrogen-bond donors (Lipinski definition) is 2. The molecule has 0 bridgehead atoms. The third kappa shape index (κ3) is 4.55. The van der Waals surface area contributed by atoms with Crippen molar-refractivity contribution in [1.82, 2.24) is 25.1 Å². The van der Waals surface area contributed by atoms with Gasteiger partial charge < -0.3 is 24.3 Å². The van der Waals surface area contributed by atoms with Gasteiger partial charge in [-0.15, -0.1) is 0 Å². The number of anilines is 2. The van der Waals surface area contributed by atoms with Crippen LogP contribution >= 0.6 is 0 Å². The SMILES string of the molecule is CN(C)C1CCN(c2n[nH]c3nccc(Oc4ccc(NC(=O)C5(c6nc7ccccc7o6)CC5)cc4F)c23)CC1. The molecular formula is C30H30FN7O3. The van der Waals surface area contributed by atoms with Crippen LogP contribution in [0.5, 0.6) is 11.5 Å². The maximum atomic E-state index is 15.3. The summed E-state index contributed by atoms with van der Waals surface area (Å²) in [5.74, 6) is 0.759. The number of fused-ring (bicyclic) bond motifs is 2. The maximum absolute atomic E-state index is 15.3. The van der Waals surface area contributed by atoms with Gasteiger partial charge in [0.15, 0.2) is 28.6 Å². The monoisotopic (exact) mass is 555 g/mol. The fourth-order valence-electron chi connectivity index (χ4n) is 5.59. The Balaban J connectivity index is 1.09. The van der Waals surface area contributed by atoms with Crippen molar-refractivity contribution in [2.45, 2.75) is 37.1 Å². The van der Waals surface area contributed by atoms with Crippen molar-refractivity contribution in [3.63, 3.8) is 0 Å². The summed E-state index contributed by atoms with van der Waals surface area (Å²) < 4.78 is 27.2. The van der Waals surface area contributed by atoms with Gasteiger partial charge in [0.25, 0.3) is 0 Å². The van der Waals surface area contributed by atoms with Gasteiger partial charge in [-0.05, 0) is 64.0 Å². The number of piperidine rings is 1. The zero-order chi connectivity index (χ0) is 28.1. The van der Waals surface area contributed by atoms with E-state index in [-0.39, 0.29) is 11.7 Å². The van der Waals surface area contributed by atoms with Crippen molar-refractivity contribution in [3.05, 3.63) is 66.4 Å². The molecule has 0 spiro atoms. The molecule has 10 nitrogen and oxygen atoms in total. The number of para-hydroxylation sites is 2. The van der Waals surface area contributed by atoms with Gasteiger partial charge in [-0.25, -0.2) is 14.4 Å². The Labute approximate surface area is 235 Å². The summed E-state index contributed by atoms with van der Waals surface area (Å²) in [5, 5.41) is 11.1. The first-order valence-corrected chi connectivity index (χ1v) is 13.8. The Kier molecular flexibility index (Phi) is 6.11. The van der Waals surface area contributed by atoms with Crippen LogP contribution in [-0.4, -0.2) is 64.2 Å². The summed E-state index contributed by atoms with van der Waals surface area (Å²) >= 11 is 0. The van der Waals surface area contributed by atoms with Gasteiger partial charge in [-0.1, -0.05) is 12.1 Å². The van der Waals surface area contributed by atoms with Crippen molar-refractivity contribution in [2.75, 3.05) is 37.4 Å². The van der Waals surface area contributed by atoms with Crippen LogP contribution in [-0.2, 0) is 10.2 Å². The summed E-state index contributed by atoms with van der Waals surface area (Å²) in [6.07, 6.45) is 4.88. The number of H-pyrrole nitrogens is 1. The molecule has 0 atom stereocenters. The number of ether oxygens (including phenoxy) is 1. The molecule has 4 heterocycles. The number of aromatic nitrogens is 4. The normalized spacial score (nSPS) is 16.9. The lowest BCUT2D eigenvalue weighted by atomic mass is 10.0. The number of rotatable bonds is 7. The molecule has 1 saturated carbocycles. The summed E-state index contributed by atoms with van der Waals surface area (Å²) in [6, 6.07) is 14.0. The van der Waals surface area contributed by atoms with Crippen molar-refractivity contribution in [2.24, 2.45) is 0 Å². The number of aromatic amines is 1. The van der Waals surface area contributed by atoms with E-state index in [1.165, 1.54) is 12.1 Å². The molecule has 1 amide bonds. The Hall–Kier alpha value is -4.51. The van der Waals surface area contributed by atoms with Crippen molar-refractivity contribution < 1.29 is 18.3 Å². The van der Waals surface area contributed by atoms with Crippen LogP contribution in [0, 0.1) is 5.82 Å². The zero-order valence-corrected chi connectivity index (χ0v) is 22.9. The molecule has 3 aromatic heterocycles. The predicted octanol–water partition coefficient (Wildman–Crippen LogP) is 5.23. The minimum Gasteiger partial charge on any atom is -0.453 e. The van der Waals surface area contributed by atoms with Gasteiger partial charge in [-0.2, -0.15) is 5.10 Å².